The standard InChI is InChI=1S/C20H27ClN4O4/c1-14-9-15(2)12-24(11-14)19(26)13-22-5-7-23(8-6-22)20(27)17-4-3-16(25(28)29)10-18(17)21/h3-4,10,14-15H,5-9,11-13H2,1-2H3/t14-,15+. The summed E-state index contributed by atoms with van der Waals surface area (Å²) in [7, 11) is 0. The van der Waals surface area contributed by atoms with Gasteiger partial charge in [0.25, 0.3) is 11.6 Å². The molecular formula is C20H27ClN4O4. The van der Waals surface area contributed by atoms with Gasteiger partial charge in [0.05, 0.1) is 22.1 Å². The van der Waals surface area contributed by atoms with Gasteiger partial charge in [-0.2, -0.15) is 0 Å². The van der Waals surface area contributed by atoms with Gasteiger partial charge in [-0.05, 0) is 24.3 Å². The van der Waals surface area contributed by atoms with Gasteiger partial charge in [-0.3, -0.25) is 24.6 Å². The predicted octanol–water partition coefficient (Wildman–Crippen LogP) is 2.51. The Balaban J connectivity index is 1.53. The number of hydrogen-bond acceptors (Lipinski definition) is 5. The lowest BCUT2D eigenvalue weighted by molar-refractivity contribution is -0.384. The van der Waals surface area contributed by atoms with Crippen LogP contribution in [0, 0.1) is 22.0 Å². The van der Waals surface area contributed by atoms with Gasteiger partial charge in [-0.25, -0.2) is 0 Å². The van der Waals surface area contributed by atoms with Crippen LogP contribution >= 0.6 is 11.6 Å². The third-order valence-electron chi connectivity index (χ3n) is 5.63. The SMILES string of the molecule is C[C@@H]1C[C@H](C)CN(C(=O)CN2CCN(C(=O)c3ccc([N+](=O)[O-])cc3Cl)CC2)C1. The van der Waals surface area contributed by atoms with Crippen LogP contribution in [0.5, 0.6) is 0 Å². The zero-order chi connectivity index (χ0) is 21.1. The van der Waals surface area contributed by atoms with E-state index in [0.29, 0.717) is 44.6 Å². The zero-order valence-electron chi connectivity index (χ0n) is 16.8. The zero-order valence-corrected chi connectivity index (χ0v) is 17.6. The topological polar surface area (TPSA) is 87.0 Å². The van der Waals surface area contributed by atoms with Crippen molar-refractivity contribution in [2.24, 2.45) is 11.8 Å². The molecule has 0 spiro atoms. The van der Waals surface area contributed by atoms with E-state index in [-0.39, 0.29) is 28.1 Å². The molecule has 1 aromatic carbocycles. The fraction of sp³-hybridized carbons (Fsp3) is 0.600. The van der Waals surface area contributed by atoms with Crippen LogP contribution in [0.1, 0.15) is 30.6 Å². The lowest BCUT2D eigenvalue weighted by Crippen LogP contribution is -2.53. The number of carbonyl (C=O) groups excluding carboxylic acids is 2. The Labute approximate surface area is 175 Å². The number of nitro groups is 1. The van der Waals surface area contributed by atoms with Crippen LogP contribution in [0.15, 0.2) is 18.2 Å². The second-order valence-electron chi connectivity index (χ2n) is 8.23. The number of amides is 2. The van der Waals surface area contributed by atoms with Crippen LogP contribution in [-0.2, 0) is 4.79 Å². The number of piperidine rings is 1. The van der Waals surface area contributed by atoms with Crippen LogP contribution in [0.4, 0.5) is 5.69 Å². The van der Waals surface area contributed by atoms with E-state index in [4.69, 9.17) is 11.6 Å². The van der Waals surface area contributed by atoms with Crippen molar-refractivity contribution in [2.75, 3.05) is 45.8 Å². The highest BCUT2D eigenvalue weighted by atomic mass is 35.5. The van der Waals surface area contributed by atoms with Crippen LogP contribution in [0.3, 0.4) is 0 Å². The first kappa shape index (κ1) is 21.5. The minimum Gasteiger partial charge on any atom is -0.341 e. The maximum Gasteiger partial charge on any atom is 0.270 e. The molecule has 9 heteroatoms. The number of piperazine rings is 1. The molecule has 0 bridgehead atoms. The summed E-state index contributed by atoms with van der Waals surface area (Å²) in [6.45, 7) is 8.59. The summed E-state index contributed by atoms with van der Waals surface area (Å²) in [4.78, 5) is 41.4. The number of nitro benzene ring substituents is 1. The fourth-order valence-electron chi connectivity index (χ4n) is 4.23. The van der Waals surface area contributed by atoms with Gasteiger partial charge in [0.15, 0.2) is 0 Å². The number of halogens is 1. The molecule has 0 saturated carbocycles. The minimum absolute atomic E-state index is 0.0788. The van der Waals surface area contributed by atoms with Crippen LogP contribution < -0.4 is 0 Å². The Morgan fingerprint density at radius 3 is 2.28 bits per heavy atom. The Bertz CT molecular complexity index is 785. The predicted molar refractivity (Wildman–Crippen MR) is 110 cm³/mol. The number of non-ortho nitro benzene ring substituents is 1. The number of carbonyl (C=O) groups is 2. The third-order valence-corrected chi connectivity index (χ3v) is 5.95. The van der Waals surface area contributed by atoms with Gasteiger partial charge >= 0.3 is 0 Å². The fourth-order valence-corrected chi connectivity index (χ4v) is 4.48. The summed E-state index contributed by atoms with van der Waals surface area (Å²) in [6, 6.07) is 3.89. The molecule has 0 N–H and O–H groups in total. The average Bonchev–Trinajstić information content (AvgIpc) is 2.67. The van der Waals surface area contributed by atoms with E-state index in [9.17, 15) is 19.7 Å². The number of rotatable bonds is 4. The Morgan fingerprint density at radius 1 is 1.10 bits per heavy atom. The van der Waals surface area contributed by atoms with E-state index in [1.807, 2.05) is 4.90 Å². The number of benzene rings is 1. The lowest BCUT2D eigenvalue weighted by Gasteiger charge is -2.38. The quantitative estimate of drug-likeness (QED) is 0.549. The van der Waals surface area contributed by atoms with Gasteiger partial charge < -0.3 is 9.80 Å². The summed E-state index contributed by atoms with van der Waals surface area (Å²) >= 11 is 6.08. The molecule has 2 aliphatic rings. The van der Waals surface area contributed by atoms with E-state index in [1.165, 1.54) is 18.2 Å². The third kappa shape index (κ3) is 5.25. The van der Waals surface area contributed by atoms with E-state index >= 15 is 0 Å². The lowest BCUT2D eigenvalue weighted by atomic mass is 9.92. The first-order chi connectivity index (χ1) is 13.7. The van der Waals surface area contributed by atoms with Gasteiger partial charge in [0.2, 0.25) is 5.91 Å². The van der Waals surface area contributed by atoms with E-state index < -0.39 is 4.92 Å². The molecule has 2 aliphatic heterocycles. The highest BCUT2D eigenvalue weighted by Crippen LogP contribution is 2.24. The highest BCUT2D eigenvalue weighted by molar-refractivity contribution is 6.34. The summed E-state index contributed by atoms with van der Waals surface area (Å²) in [5.74, 6) is 0.975. The van der Waals surface area contributed by atoms with E-state index in [1.54, 1.807) is 4.90 Å². The largest absolute Gasteiger partial charge is 0.341 e. The van der Waals surface area contributed by atoms with Crippen molar-refractivity contribution in [3.05, 3.63) is 38.9 Å². The molecule has 29 heavy (non-hydrogen) atoms. The molecule has 2 amide bonds. The second kappa shape index (κ2) is 9.09. The molecule has 3 rings (SSSR count). The minimum atomic E-state index is -0.542. The monoisotopic (exact) mass is 422 g/mol. The second-order valence-corrected chi connectivity index (χ2v) is 8.64. The maximum absolute atomic E-state index is 12.7. The first-order valence-electron chi connectivity index (χ1n) is 9.98. The molecule has 158 valence electrons. The Hall–Kier alpha value is -2.19. The smallest absolute Gasteiger partial charge is 0.270 e. The molecule has 1 aromatic rings. The normalized spacial score (nSPS) is 23.1. The average molecular weight is 423 g/mol. The van der Waals surface area contributed by atoms with Gasteiger partial charge in [-0.1, -0.05) is 25.4 Å². The molecule has 2 fully saturated rings. The van der Waals surface area contributed by atoms with Gasteiger partial charge in [0, 0.05) is 51.4 Å². The molecule has 2 heterocycles. The van der Waals surface area contributed by atoms with Gasteiger partial charge in [0.1, 0.15) is 0 Å². The van der Waals surface area contributed by atoms with E-state index in [2.05, 4.69) is 18.7 Å². The number of likely N-dealkylation sites (tertiary alicyclic amines) is 1. The molecule has 2 atom stereocenters. The number of nitrogens with zero attached hydrogens (tertiary/aromatic N) is 4. The van der Waals surface area contributed by atoms with Crippen molar-refractivity contribution in [2.45, 2.75) is 20.3 Å². The van der Waals surface area contributed by atoms with Crippen molar-refractivity contribution in [3.63, 3.8) is 0 Å². The highest BCUT2D eigenvalue weighted by Gasteiger charge is 2.29. The Morgan fingerprint density at radius 2 is 1.72 bits per heavy atom. The molecule has 0 aliphatic carbocycles. The molecule has 2 saturated heterocycles. The van der Waals surface area contributed by atoms with Crippen LogP contribution in [-0.4, -0.2) is 77.3 Å². The van der Waals surface area contributed by atoms with Crippen molar-refractivity contribution in [1.82, 2.24) is 14.7 Å². The molecular weight excluding hydrogens is 396 g/mol. The summed E-state index contributed by atoms with van der Waals surface area (Å²) in [5, 5.41) is 10.9. The van der Waals surface area contributed by atoms with Crippen molar-refractivity contribution in [3.8, 4) is 0 Å². The Kier molecular flexibility index (Phi) is 6.74. The molecule has 0 aromatic heterocycles. The first-order valence-corrected chi connectivity index (χ1v) is 10.4. The van der Waals surface area contributed by atoms with Crippen LogP contribution in [0.25, 0.3) is 0 Å². The molecule has 0 radical (unpaired) electrons. The van der Waals surface area contributed by atoms with Crippen LogP contribution in [0.2, 0.25) is 5.02 Å². The maximum atomic E-state index is 12.7. The summed E-state index contributed by atoms with van der Waals surface area (Å²) < 4.78 is 0. The van der Waals surface area contributed by atoms with Gasteiger partial charge in [-0.15, -0.1) is 0 Å². The summed E-state index contributed by atoms with van der Waals surface area (Å²) in [6.07, 6.45) is 1.16. The number of hydrogen-bond donors (Lipinski definition) is 0. The molecule has 8 nitrogen and oxygen atoms in total. The van der Waals surface area contributed by atoms with Crippen molar-refractivity contribution >= 4 is 29.1 Å². The molecule has 0 unspecified atom stereocenters. The van der Waals surface area contributed by atoms with Crippen molar-refractivity contribution in [1.29, 1.82) is 0 Å². The van der Waals surface area contributed by atoms with Crippen molar-refractivity contribution < 1.29 is 14.5 Å². The van der Waals surface area contributed by atoms with E-state index in [0.717, 1.165) is 19.5 Å². The summed E-state index contributed by atoms with van der Waals surface area (Å²) in [5.41, 5.74) is 0.120.